The van der Waals surface area contributed by atoms with Crippen LogP contribution < -0.4 is 0 Å². The summed E-state index contributed by atoms with van der Waals surface area (Å²) < 4.78 is 0. The summed E-state index contributed by atoms with van der Waals surface area (Å²) in [6, 6.07) is 0. The first-order chi connectivity index (χ1) is 6.43. The van der Waals surface area contributed by atoms with Gasteiger partial charge in [-0.25, -0.2) is 0 Å². The molecule has 0 aliphatic heterocycles. The maximum Gasteiger partial charge on any atom is 0.300 e. The summed E-state index contributed by atoms with van der Waals surface area (Å²) in [5, 5.41) is 16.1. The second-order valence-corrected chi connectivity index (χ2v) is 3.19. The molecule has 0 fully saturated rings. The zero-order valence-electron chi connectivity index (χ0n) is 9.16. The van der Waals surface area contributed by atoms with E-state index in [1.807, 2.05) is 13.0 Å². The van der Waals surface area contributed by atoms with Gasteiger partial charge in [0.05, 0.1) is 6.61 Å². The molecule has 1 unspecified atom stereocenters. The van der Waals surface area contributed by atoms with Gasteiger partial charge >= 0.3 is 0 Å². The maximum atomic E-state index is 9.00. The number of carboxylic acids is 1. The zero-order chi connectivity index (χ0) is 11.6. The molecule has 0 aliphatic rings. The monoisotopic (exact) mass is 200 g/mol. The van der Waals surface area contributed by atoms with E-state index in [1.165, 1.54) is 0 Å². The molecule has 0 amide bonds. The molecule has 0 aromatic heterocycles. The normalized spacial score (nSPS) is 12.4. The van der Waals surface area contributed by atoms with Crippen molar-refractivity contribution in [2.24, 2.45) is 5.92 Å². The van der Waals surface area contributed by atoms with Crippen LogP contribution in [0.4, 0.5) is 0 Å². The van der Waals surface area contributed by atoms with Gasteiger partial charge in [-0.3, -0.25) is 4.79 Å². The fourth-order valence-corrected chi connectivity index (χ4v) is 0.869. The van der Waals surface area contributed by atoms with Crippen molar-refractivity contribution in [3.63, 3.8) is 0 Å². The third-order valence-electron chi connectivity index (χ3n) is 1.36. The maximum absolute atomic E-state index is 9.00. The van der Waals surface area contributed by atoms with E-state index in [0.29, 0.717) is 5.92 Å². The van der Waals surface area contributed by atoms with E-state index in [1.54, 1.807) is 0 Å². The van der Waals surface area contributed by atoms with Crippen LogP contribution in [0.15, 0.2) is 24.3 Å². The van der Waals surface area contributed by atoms with E-state index < -0.39 is 5.97 Å². The number of hydrogen-bond acceptors (Lipinski definition) is 2. The number of aliphatic carboxylic acids is 1. The highest BCUT2D eigenvalue weighted by Gasteiger charge is 1.93. The van der Waals surface area contributed by atoms with Crippen molar-refractivity contribution in [3.05, 3.63) is 24.3 Å². The minimum Gasteiger partial charge on any atom is -0.481 e. The molecule has 0 spiro atoms. The van der Waals surface area contributed by atoms with Crippen LogP contribution in [0.1, 0.15) is 27.2 Å². The first-order valence-corrected chi connectivity index (χ1v) is 4.52. The summed E-state index contributed by atoms with van der Waals surface area (Å²) in [5.41, 5.74) is 1.04. The average Bonchev–Trinajstić information content (AvgIpc) is 2.03. The van der Waals surface area contributed by atoms with Crippen molar-refractivity contribution in [1.82, 2.24) is 0 Å². The molecule has 0 aromatic carbocycles. The van der Waals surface area contributed by atoms with Gasteiger partial charge in [0.25, 0.3) is 5.97 Å². The largest absolute Gasteiger partial charge is 0.481 e. The lowest BCUT2D eigenvalue weighted by Crippen LogP contribution is -1.91. The van der Waals surface area contributed by atoms with Crippen LogP contribution >= 0.6 is 0 Å². The molecule has 0 rings (SSSR count). The van der Waals surface area contributed by atoms with Crippen LogP contribution in [0.2, 0.25) is 0 Å². The molecule has 14 heavy (non-hydrogen) atoms. The fourth-order valence-electron chi connectivity index (χ4n) is 0.869. The minimum absolute atomic E-state index is 0.168. The number of aliphatic hydroxyl groups is 1. The summed E-state index contributed by atoms with van der Waals surface area (Å²) >= 11 is 0. The second kappa shape index (κ2) is 9.99. The second-order valence-electron chi connectivity index (χ2n) is 3.19. The van der Waals surface area contributed by atoms with Crippen molar-refractivity contribution in [2.45, 2.75) is 27.2 Å². The van der Waals surface area contributed by atoms with Gasteiger partial charge in [0.15, 0.2) is 0 Å². The lowest BCUT2D eigenvalue weighted by molar-refractivity contribution is -0.134. The SMILES string of the molecule is C=CCC(C)C=C(C)CO.CC(=O)O. The quantitative estimate of drug-likeness (QED) is 0.684. The lowest BCUT2D eigenvalue weighted by Gasteiger charge is -2.02. The molecule has 0 aliphatic carbocycles. The standard InChI is InChI=1S/C9H16O.C2H4O2/c1-4-5-8(2)6-9(3)7-10;1-2(3)4/h4,6,8,10H,1,5,7H2,2-3H3;1H3,(H,3,4). The van der Waals surface area contributed by atoms with Gasteiger partial charge in [-0.05, 0) is 19.3 Å². The van der Waals surface area contributed by atoms with Gasteiger partial charge in [-0.15, -0.1) is 6.58 Å². The molecule has 0 radical (unpaired) electrons. The molecule has 1 atom stereocenters. The summed E-state index contributed by atoms with van der Waals surface area (Å²) in [6.45, 7) is 8.94. The van der Waals surface area contributed by atoms with Crippen LogP contribution in [-0.4, -0.2) is 22.8 Å². The highest BCUT2D eigenvalue weighted by molar-refractivity contribution is 5.62. The highest BCUT2D eigenvalue weighted by Crippen LogP contribution is 2.06. The molecular formula is C11H20O3. The Morgan fingerprint density at radius 3 is 2.21 bits per heavy atom. The van der Waals surface area contributed by atoms with Crippen molar-refractivity contribution in [3.8, 4) is 0 Å². The first-order valence-electron chi connectivity index (χ1n) is 4.52. The van der Waals surface area contributed by atoms with Crippen LogP contribution in [0, 0.1) is 5.92 Å². The van der Waals surface area contributed by atoms with Crippen molar-refractivity contribution < 1.29 is 15.0 Å². The first kappa shape index (κ1) is 15.4. The Hall–Kier alpha value is -1.09. The topological polar surface area (TPSA) is 57.5 Å². The van der Waals surface area contributed by atoms with Crippen molar-refractivity contribution >= 4 is 5.97 Å². The highest BCUT2D eigenvalue weighted by atomic mass is 16.4. The molecular weight excluding hydrogens is 180 g/mol. The van der Waals surface area contributed by atoms with Gasteiger partial charge in [0.2, 0.25) is 0 Å². The van der Waals surface area contributed by atoms with Crippen LogP contribution in [0.3, 0.4) is 0 Å². The molecule has 0 bridgehead atoms. The smallest absolute Gasteiger partial charge is 0.300 e. The number of rotatable bonds is 4. The van der Waals surface area contributed by atoms with Gasteiger partial charge in [0.1, 0.15) is 0 Å². The molecule has 0 saturated heterocycles. The van der Waals surface area contributed by atoms with E-state index in [9.17, 15) is 0 Å². The van der Waals surface area contributed by atoms with E-state index >= 15 is 0 Å². The third kappa shape index (κ3) is 17.1. The third-order valence-corrected chi connectivity index (χ3v) is 1.36. The summed E-state index contributed by atoms with van der Waals surface area (Å²) in [7, 11) is 0. The Morgan fingerprint density at radius 1 is 1.50 bits per heavy atom. The number of allylic oxidation sites excluding steroid dienone is 2. The van der Waals surface area contributed by atoms with Gasteiger partial charge in [-0.1, -0.05) is 24.6 Å². The molecule has 0 saturated carbocycles. The van der Waals surface area contributed by atoms with Gasteiger partial charge < -0.3 is 10.2 Å². The summed E-state index contributed by atoms with van der Waals surface area (Å²) in [4.78, 5) is 9.00. The number of carboxylic acid groups (broad SMARTS) is 1. The number of aliphatic hydroxyl groups excluding tert-OH is 1. The Kier molecular flexibility index (Phi) is 11.0. The van der Waals surface area contributed by atoms with Crippen LogP contribution in [0.5, 0.6) is 0 Å². The molecule has 82 valence electrons. The zero-order valence-corrected chi connectivity index (χ0v) is 9.16. The Bertz CT molecular complexity index is 191. The van der Waals surface area contributed by atoms with E-state index in [-0.39, 0.29) is 6.61 Å². The summed E-state index contributed by atoms with van der Waals surface area (Å²) in [5.74, 6) is -0.329. The minimum atomic E-state index is -0.833. The molecule has 3 heteroatoms. The molecule has 2 N–H and O–H groups in total. The number of hydrogen-bond donors (Lipinski definition) is 2. The van der Waals surface area contributed by atoms with E-state index in [2.05, 4.69) is 19.6 Å². The van der Waals surface area contributed by atoms with Gasteiger partial charge in [0, 0.05) is 6.92 Å². The predicted molar refractivity (Wildman–Crippen MR) is 58.1 cm³/mol. The Labute approximate surface area is 85.8 Å². The summed E-state index contributed by atoms with van der Waals surface area (Å²) in [6.07, 6.45) is 4.95. The average molecular weight is 200 g/mol. The number of carbonyl (C=O) groups is 1. The molecule has 0 aromatic rings. The Morgan fingerprint density at radius 2 is 1.93 bits per heavy atom. The Balaban J connectivity index is 0. The van der Waals surface area contributed by atoms with Gasteiger partial charge in [-0.2, -0.15) is 0 Å². The molecule has 3 nitrogen and oxygen atoms in total. The fraction of sp³-hybridized carbons (Fsp3) is 0.545. The van der Waals surface area contributed by atoms with Crippen molar-refractivity contribution in [1.29, 1.82) is 0 Å². The van der Waals surface area contributed by atoms with Crippen molar-refractivity contribution in [2.75, 3.05) is 6.61 Å². The van der Waals surface area contributed by atoms with Crippen LogP contribution in [0.25, 0.3) is 0 Å². The van der Waals surface area contributed by atoms with E-state index in [0.717, 1.165) is 18.9 Å². The van der Waals surface area contributed by atoms with Crippen LogP contribution in [-0.2, 0) is 4.79 Å². The predicted octanol–water partition coefficient (Wildman–Crippen LogP) is 2.23. The molecule has 0 heterocycles. The lowest BCUT2D eigenvalue weighted by atomic mass is 10.1. The van der Waals surface area contributed by atoms with E-state index in [4.69, 9.17) is 15.0 Å².